The molecular formula is C18H33N5O2. The van der Waals surface area contributed by atoms with Gasteiger partial charge >= 0.3 is 0 Å². The van der Waals surface area contributed by atoms with Crippen LogP contribution < -0.4 is 5.32 Å². The maximum absolute atomic E-state index is 5.66. The molecule has 0 amide bonds. The molecule has 7 nitrogen and oxygen atoms in total. The van der Waals surface area contributed by atoms with Gasteiger partial charge in [0.25, 0.3) is 0 Å². The molecular weight excluding hydrogens is 318 g/mol. The third kappa shape index (κ3) is 6.32. The van der Waals surface area contributed by atoms with Crippen molar-refractivity contribution in [1.82, 2.24) is 20.0 Å². The second-order valence-electron chi connectivity index (χ2n) is 6.65. The fourth-order valence-electron chi connectivity index (χ4n) is 3.22. The van der Waals surface area contributed by atoms with E-state index < -0.39 is 0 Å². The zero-order valence-electron chi connectivity index (χ0n) is 16.1. The second-order valence-corrected chi connectivity index (χ2v) is 6.65. The van der Waals surface area contributed by atoms with Crippen molar-refractivity contribution in [2.75, 3.05) is 53.6 Å². The molecule has 2 rings (SSSR count). The summed E-state index contributed by atoms with van der Waals surface area (Å²) in [5.41, 5.74) is 2.30. The van der Waals surface area contributed by atoms with Gasteiger partial charge in [-0.05, 0) is 32.8 Å². The Morgan fingerprint density at radius 3 is 2.92 bits per heavy atom. The van der Waals surface area contributed by atoms with Crippen LogP contribution in [-0.2, 0) is 16.0 Å². The predicted molar refractivity (Wildman–Crippen MR) is 100 cm³/mol. The number of rotatable bonds is 9. The lowest BCUT2D eigenvalue weighted by Crippen LogP contribution is -2.40. The van der Waals surface area contributed by atoms with Crippen molar-refractivity contribution in [1.29, 1.82) is 0 Å². The summed E-state index contributed by atoms with van der Waals surface area (Å²) in [6, 6.07) is 2.12. The molecule has 7 heteroatoms. The fourth-order valence-corrected chi connectivity index (χ4v) is 3.22. The smallest absolute Gasteiger partial charge is 0.193 e. The van der Waals surface area contributed by atoms with Crippen LogP contribution in [0.4, 0.5) is 0 Å². The van der Waals surface area contributed by atoms with Crippen molar-refractivity contribution in [3.8, 4) is 0 Å². The van der Waals surface area contributed by atoms with Crippen molar-refractivity contribution in [2.24, 2.45) is 10.9 Å². The number of guanidine groups is 1. The lowest BCUT2D eigenvalue weighted by atomic mass is 10.1. The molecule has 1 aromatic rings. The van der Waals surface area contributed by atoms with Gasteiger partial charge in [-0.15, -0.1) is 0 Å². The summed E-state index contributed by atoms with van der Waals surface area (Å²) in [5.74, 6) is 1.57. The quantitative estimate of drug-likeness (QED) is 0.414. The number of hydrogen-bond acceptors (Lipinski definition) is 4. The Morgan fingerprint density at radius 2 is 2.24 bits per heavy atom. The number of nitrogens with zero attached hydrogens (tertiary/aromatic N) is 4. The molecule has 1 fully saturated rings. The number of aryl methyl sites for hydroxylation is 3. The zero-order valence-corrected chi connectivity index (χ0v) is 16.1. The predicted octanol–water partition coefficient (Wildman–Crippen LogP) is 1.45. The van der Waals surface area contributed by atoms with E-state index in [-0.39, 0.29) is 0 Å². The first-order valence-corrected chi connectivity index (χ1v) is 9.17. The van der Waals surface area contributed by atoms with Crippen LogP contribution in [0.25, 0.3) is 0 Å². The third-order valence-corrected chi connectivity index (χ3v) is 4.52. The van der Waals surface area contributed by atoms with Crippen molar-refractivity contribution >= 4 is 5.96 Å². The van der Waals surface area contributed by atoms with E-state index in [0.29, 0.717) is 19.1 Å². The number of ether oxygens (including phenoxy) is 2. The maximum Gasteiger partial charge on any atom is 0.193 e. The number of aromatic nitrogens is 2. The molecule has 0 bridgehead atoms. The lowest BCUT2D eigenvalue weighted by Gasteiger charge is -2.21. The summed E-state index contributed by atoms with van der Waals surface area (Å²) < 4.78 is 12.7. The number of aliphatic imine (C=N–C) groups is 1. The molecule has 1 aliphatic heterocycles. The minimum Gasteiger partial charge on any atom is -0.382 e. The van der Waals surface area contributed by atoms with Crippen molar-refractivity contribution in [3.05, 3.63) is 17.5 Å². The first-order chi connectivity index (χ1) is 12.1. The highest BCUT2D eigenvalue weighted by Crippen LogP contribution is 2.16. The fraction of sp³-hybridized carbons (Fsp3) is 0.778. The van der Waals surface area contributed by atoms with E-state index in [1.807, 2.05) is 14.0 Å². The van der Waals surface area contributed by atoms with Crippen LogP contribution in [0.5, 0.6) is 0 Å². The lowest BCUT2D eigenvalue weighted by molar-refractivity contribution is 0.0536. The highest BCUT2D eigenvalue weighted by Gasteiger charge is 2.24. The van der Waals surface area contributed by atoms with E-state index in [1.165, 1.54) is 5.69 Å². The van der Waals surface area contributed by atoms with Gasteiger partial charge in [-0.1, -0.05) is 0 Å². The monoisotopic (exact) mass is 351 g/mol. The molecule has 1 aromatic heterocycles. The largest absolute Gasteiger partial charge is 0.382 e. The summed E-state index contributed by atoms with van der Waals surface area (Å²) in [4.78, 5) is 6.76. The molecule has 0 saturated carbocycles. The minimum atomic E-state index is 0.574. The van der Waals surface area contributed by atoms with Gasteiger partial charge in [-0.3, -0.25) is 9.67 Å². The summed E-state index contributed by atoms with van der Waals surface area (Å²) in [5, 5.41) is 7.98. The molecule has 0 aliphatic carbocycles. The van der Waals surface area contributed by atoms with Crippen LogP contribution >= 0.6 is 0 Å². The number of nitrogens with one attached hydrogen (secondary N) is 1. The van der Waals surface area contributed by atoms with Crippen molar-refractivity contribution < 1.29 is 9.47 Å². The summed E-state index contributed by atoms with van der Waals surface area (Å²) >= 11 is 0. The van der Waals surface area contributed by atoms with Gasteiger partial charge in [-0.25, -0.2) is 0 Å². The van der Waals surface area contributed by atoms with E-state index in [2.05, 4.69) is 38.0 Å². The summed E-state index contributed by atoms with van der Waals surface area (Å²) in [6.45, 7) is 10.1. The molecule has 142 valence electrons. The van der Waals surface area contributed by atoms with E-state index in [0.717, 1.165) is 57.3 Å². The first-order valence-electron chi connectivity index (χ1n) is 9.17. The highest BCUT2D eigenvalue weighted by atomic mass is 16.5. The first kappa shape index (κ1) is 19.7. The Labute approximate surface area is 151 Å². The molecule has 0 aromatic carbocycles. The van der Waals surface area contributed by atoms with Gasteiger partial charge in [0.1, 0.15) is 0 Å². The van der Waals surface area contributed by atoms with Gasteiger partial charge in [-0.2, -0.15) is 5.10 Å². The molecule has 1 atom stereocenters. The Balaban J connectivity index is 1.66. The maximum atomic E-state index is 5.66. The highest BCUT2D eigenvalue weighted by molar-refractivity contribution is 5.80. The molecule has 2 heterocycles. The Hall–Kier alpha value is -1.60. The molecule has 1 saturated heterocycles. The van der Waals surface area contributed by atoms with Crippen molar-refractivity contribution in [3.63, 3.8) is 0 Å². The van der Waals surface area contributed by atoms with Gasteiger partial charge in [0, 0.05) is 51.9 Å². The average Bonchev–Trinajstić information content (AvgIpc) is 3.18. The van der Waals surface area contributed by atoms with E-state index in [1.54, 1.807) is 7.11 Å². The van der Waals surface area contributed by atoms with Crippen LogP contribution in [0.2, 0.25) is 0 Å². The van der Waals surface area contributed by atoms with Crippen molar-refractivity contribution in [2.45, 2.75) is 33.2 Å². The molecule has 0 radical (unpaired) electrons. The Bertz CT molecular complexity index is 544. The van der Waals surface area contributed by atoms with Crippen LogP contribution in [0, 0.1) is 19.8 Å². The van der Waals surface area contributed by atoms with Gasteiger partial charge in [0.2, 0.25) is 0 Å². The molecule has 1 unspecified atom stereocenters. The van der Waals surface area contributed by atoms with Gasteiger partial charge < -0.3 is 19.7 Å². The van der Waals surface area contributed by atoms with Crippen LogP contribution in [-0.4, -0.2) is 74.3 Å². The average molecular weight is 351 g/mol. The topological polar surface area (TPSA) is 63.9 Å². The van der Waals surface area contributed by atoms with Crippen LogP contribution in [0.15, 0.2) is 11.1 Å². The Kier molecular flexibility index (Phi) is 8.21. The Morgan fingerprint density at radius 1 is 1.40 bits per heavy atom. The van der Waals surface area contributed by atoms with E-state index >= 15 is 0 Å². The summed E-state index contributed by atoms with van der Waals surface area (Å²) in [7, 11) is 3.55. The standard InChI is InChI=1S/C18H33N5O2/c1-15-12-16(2)23(21-15)8-5-7-20-18(19-3)22-9-6-17(13-22)14-25-11-10-24-4/h12,17H,5-11,13-14H2,1-4H3,(H,19,20). The summed E-state index contributed by atoms with van der Waals surface area (Å²) in [6.07, 6.45) is 2.18. The van der Waals surface area contributed by atoms with Crippen LogP contribution in [0.3, 0.4) is 0 Å². The number of likely N-dealkylation sites (tertiary alicyclic amines) is 1. The number of hydrogen-bond donors (Lipinski definition) is 1. The molecule has 25 heavy (non-hydrogen) atoms. The third-order valence-electron chi connectivity index (χ3n) is 4.52. The zero-order chi connectivity index (χ0) is 18.1. The normalized spacial score (nSPS) is 18.2. The number of methoxy groups -OCH3 is 1. The van der Waals surface area contributed by atoms with Crippen LogP contribution in [0.1, 0.15) is 24.2 Å². The van der Waals surface area contributed by atoms with E-state index in [4.69, 9.17) is 9.47 Å². The minimum absolute atomic E-state index is 0.574. The van der Waals surface area contributed by atoms with Gasteiger partial charge in [0.15, 0.2) is 5.96 Å². The second kappa shape index (κ2) is 10.4. The molecule has 1 N–H and O–H groups in total. The SMILES string of the molecule is CN=C(NCCCn1nc(C)cc1C)N1CCC(COCCOC)C1. The van der Waals surface area contributed by atoms with Gasteiger partial charge in [0.05, 0.1) is 25.5 Å². The van der Waals surface area contributed by atoms with E-state index in [9.17, 15) is 0 Å². The molecule has 0 spiro atoms. The molecule has 1 aliphatic rings.